The van der Waals surface area contributed by atoms with Gasteiger partial charge in [-0.05, 0) is 31.2 Å². The minimum absolute atomic E-state index is 0.191. The first-order chi connectivity index (χ1) is 11.7. The number of anilines is 2. The molecule has 0 atom stereocenters. The largest absolute Gasteiger partial charge is 0.338 e. The van der Waals surface area contributed by atoms with Gasteiger partial charge in [0.25, 0.3) is 5.91 Å². The van der Waals surface area contributed by atoms with Crippen LogP contribution in [0, 0.1) is 0 Å². The van der Waals surface area contributed by atoms with Crippen molar-refractivity contribution < 1.29 is 4.79 Å². The van der Waals surface area contributed by atoms with Crippen LogP contribution in [0.2, 0.25) is 0 Å². The van der Waals surface area contributed by atoms with E-state index in [1.807, 2.05) is 24.3 Å². The number of aryl methyl sites for hydroxylation is 1. The van der Waals surface area contributed by atoms with Gasteiger partial charge >= 0.3 is 0 Å². The van der Waals surface area contributed by atoms with E-state index in [0.717, 1.165) is 38.3 Å². The maximum atomic E-state index is 12.3. The lowest BCUT2D eigenvalue weighted by Crippen LogP contribution is -2.45. The molecule has 1 saturated heterocycles. The van der Waals surface area contributed by atoms with Crippen molar-refractivity contribution in [3.63, 3.8) is 0 Å². The van der Waals surface area contributed by atoms with Crippen LogP contribution in [0.5, 0.6) is 0 Å². The van der Waals surface area contributed by atoms with Gasteiger partial charge in [-0.1, -0.05) is 19.1 Å². The number of hydrogen-bond donors (Lipinski definition) is 1. The van der Waals surface area contributed by atoms with E-state index in [9.17, 15) is 4.79 Å². The molecule has 0 spiro atoms. The molecule has 1 aromatic heterocycles. The number of nitrogens with one attached hydrogen (secondary N) is 1. The highest BCUT2D eigenvalue weighted by Crippen LogP contribution is 2.13. The molecule has 1 aromatic carbocycles. The molecule has 1 amide bonds. The fourth-order valence-corrected chi connectivity index (χ4v) is 2.64. The molecule has 2 heterocycles. The molecule has 0 radical (unpaired) electrons. The fraction of sp³-hybridized carbons (Fsp3) is 0.389. The average molecular weight is 325 g/mol. The standard InChI is InChI=1S/C18H23N5O/c1-3-14-4-6-16(7-5-14)21-17(24)15-12-19-18(20-13-15)23-10-8-22(2)9-11-23/h4-7,12-13H,3,8-11H2,1-2H3,(H,21,24). The van der Waals surface area contributed by atoms with Crippen molar-refractivity contribution in [2.45, 2.75) is 13.3 Å². The molecule has 0 unspecified atom stereocenters. The Morgan fingerprint density at radius 2 is 1.71 bits per heavy atom. The Kier molecular flexibility index (Phi) is 5.05. The van der Waals surface area contributed by atoms with Gasteiger partial charge in [0, 0.05) is 44.3 Å². The Labute approximate surface area is 142 Å². The highest BCUT2D eigenvalue weighted by Gasteiger charge is 2.17. The van der Waals surface area contributed by atoms with E-state index in [-0.39, 0.29) is 5.91 Å². The van der Waals surface area contributed by atoms with Crippen LogP contribution in [-0.4, -0.2) is 54.0 Å². The highest BCUT2D eigenvalue weighted by molar-refractivity contribution is 6.03. The fourth-order valence-electron chi connectivity index (χ4n) is 2.64. The molecule has 0 saturated carbocycles. The number of amides is 1. The maximum Gasteiger partial charge on any atom is 0.258 e. The number of hydrogen-bond acceptors (Lipinski definition) is 5. The zero-order valence-electron chi connectivity index (χ0n) is 14.2. The van der Waals surface area contributed by atoms with E-state index in [0.29, 0.717) is 11.5 Å². The van der Waals surface area contributed by atoms with E-state index >= 15 is 0 Å². The van der Waals surface area contributed by atoms with E-state index in [1.165, 1.54) is 5.56 Å². The van der Waals surface area contributed by atoms with Gasteiger partial charge in [0.05, 0.1) is 5.56 Å². The molecule has 1 aliphatic heterocycles. The molecule has 1 N–H and O–H groups in total. The van der Waals surface area contributed by atoms with Crippen LogP contribution >= 0.6 is 0 Å². The van der Waals surface area contributed by atoms with Gasteiger partial charge in [0.2, 0.25) is 5.95 Å². The summed E-state index contributed by atoms with van der Waals surface area (Å²) < 4.78 is 0. The molecule has 2 aromatic rings. The second-order valence-corrected chi connectivity index (χ2v) is 6.07. The lowest BCUT2D eigenvalue weighted by molar-refractivity contribution is 0.102. The number of carbonyl (C=O) groups excluding carboxylic acids is 1. The van der Waals surface area contributed by atoms with Crippen LogP contribution in [0.15, 0.2) is 36.7 Å². The van der Waals surface area contributed by atoms with E-state index in [4.69, 9.17) is 0 Å². The van der Waals surface area contributed by atoms with Crippen molar-refractivity contribution >= 4 is 17.5 Å². The Morgan fingerprint density at radius 3 is 2.29 bits per heavy atom. The van der Waals surface area contributed by atoms with Crippen LogP contribution in [0.1, 0.15) is 22.8 Å². The molecular weight excluding hydrogens is 302 g/mol. The van der Waals surface area contributed by atoms with Crippen molar-refractivity contribution in [3.05, 3.63) is 47.8 Å². The van der Waals surface area contributed by atoms with E-state index < -0.39 is 0 Å². The predicted molar refractivity (Wildman–Crippen MR) is 95.5 cm³/mol. The quantitative estimate of drug-likeness (QED) is 0.932. The Morgan fingerprint density at radius 1 is 1.08 bits per heavy atom. The second-order valence-electron chi connectivity index (χ2n) is 6.07. The summed E-state index contributed by atoms with van der Waals surface area (Å²) in [5.74, 6) is 0.496. The average Bonchev–Trinajstić information content (AvgIpc) is 2.63. The summed E-state index contributed by atoms with van der Waals surface area (Å²) in [5, 5.41) is 2.88. The molecule has 6 heteroatoms. The normalized spacial score (nSPS) is 15.3. The summed E-state index contributed by atoms with van der Waals surface area (Å²) in [6.07, 6.45) is 4.17. The lowest BCUT2D eigenvalue weighted by atomic mass is 10.1. The minimum Gasteiger partial charge on any atom is -0.338 e. The van der Waals surface area contributed by atoms with Crippen molar-refractivity contribution in [1.82, 2.24) is 14.9 Å². The SMILES string of the molecule is CCc1ccc(NC(=O)c2cnc(N3CCN(C)CC3)nc2)cc1. The number of benzene rings is 1. The first-order valence-electron chi connectivity index (χ1n) is 8.31. The van der Waals surface area contributed by atoms with Gasteiger partial charge in [-0.15, -0.1) is 0 Å². The first-order valence-corrected chi connectivity index (χ1v) is 8.31. The third kappa shape index (κ3) is 3.89. The summed E-state index contributed by atoms with van der Waals surface area (Å²) in [6.45, 7) is 5.92. The molecule has 3 rings (SSSR count). The van der Waals surface area contributed by atoms with Gasteiger partial charge in [-0.25, -0.2) is 9.97 Å². The molecule has 126 valence electrons. The smallest absolute Gasteiger partial charge is 0.258 e. The van der Waals surface area contributed by atoms with Crippen LogP contribution in [0.4, 0.5) is 11.6 Å². The van der Waals surface area contributed by atoms with Gasteiger partial charge in [0.1, 0.15) is 0 Å². The maximum absolute atomic E-state index is 12.3. The topological polar surface area (TPSA) is 61.4 Å². The number of likely N-dealkylation sites (N-methyl/N-ethyl adjacent to an activating group) is 1. The zero-order chi connectivity index (χ0) is 16.9. The number of rotatable bonds is 4. The Bertz CT molecular complexity index is 676. The number of aromatic nitrogens is 2. The monoisotopic (exact) mass is 325 g/mol. The number of piperazine rings is 1. The second kappa shape index (κ2) is 7.40. The van der Waals surface area contributed by atoms with Gasteiger partial charge in [0.15, 0.2) is 0 Å². The number of carbonyl (C=O) groups is 1. The van der Waals surface area contributed by atoms with Crippen molar-refractivity contribution in [2.24, 2.45) is 0 Å². The van der Waals surface area contributed by atoms with E-state index in [2.05, 4.69) is 39.1 Å². The molecule has 0 bridgehead atoms. The highest BCUT2D eigenvalue weighted by atomic mass is 16.1. The van der Waals surface area contributed by atoms with Crippen molar-refractivity contribution in [1.29, 1.82) is 0 Å². The lowest BCUT2D eigenvalue weighted by Gasteiger charge is -2.32. The third-order valence-corrected chi connectivity index (χ3v) is 4.31. The Balaban J connectivity index is 1.62. The molecular formula is C18H23N5O. The number of nitrogens with zero attached hydrogens (tertiary/aromatic N) is 4. The molecule has 6 nitrogen and oxygen atoms in total. The van der Waals surface area contributed by atoms with Gasteiger partial charge < -0.3 is 15.1 Å². The summed E-state index contributed by atoms with van der Waals surface area (Å²) in [6, 6.07) is 7.86. The van der Waals surface area contributed by atoms with Crippen molar-refractivity contribution in [2.75, 3.05) is 43.4 Å². The summed E-state index contributed by atoms with van der Waals surface area (Å²) in [7, 11) is 2.11. The van der Waals surface area contributed by atoms with Gasteiger partial charge in [-0.2, -0.15) is 0 Å². The van der Waals surface area contributed by atoms with Crippen molar-refractivity contribution in [3.8, 4) is 0 Å². The molecule has 1 aliphatic rings. The molecule has 24 heavy (non-hydrogen) atoms. The predicted octanol–water partition coefficient (Wildman–Crippen LogP) is 2.04. The summed E-state index contributed by atoms with van der Waals surface area (Å²) in [5.41, 5.74) is 2.49. The zero-order valence-corrected chi connectivity index (χ0v) is 14.2. The van der Waals surface area contributed by atoms with Crippen LogP contribution < -0.4 is 10.2 Å². The third-order valence-electron chi connectivity index (χ3n) is 4.31. The van der Waals surface area contributed by atoms with Crippen LogP contribution in [0.25, 0.3) is 0 Å². The Hall–Kier alpha value is -2.47. The first kappa shape index (κ1) is 16.4. The summed E-state index contributed by atoms with van der Waals surface area (Å²) in [4.78, 5) is 25.4. The summed E-state index contributed by atoms with van der Waals surface area (Å²) >= 11 is 0. The minimum atomic E-state index is -0.191. The van der Waals surface area contributed by atoms with Gasteiger partial charge in [-0.3, -0.25) is 4.79 Å². The van der Waals surface area contributed by atoms with E-state index in [1.54, 1.807) is 12.4 Å². The van der Waals surface area contributed by atoms with Crippen LogP contribution in [0.3, 0.4) is 0 Å². The molecule has 0 aliphatic carbocycles. The van der Waals surface area contributed by atoms with Crippen LogP contribution in [-0.2, 0) is 6.42 Å². The molecule has 1 fully saturated rings.